The molecule has 0 radical (unpaired) electrons. The maximum Gasteiger partial charge on any atom is 0.416 e. The number of rotatable bonds is 7. The Morgan fingerprint density at radius 3 is 2.32 bits per heavy atom. The second-order valence-corrected chi connectivity index (χ2v) is 10.0. The zero-order chi connectivity index (χ0) is 25.1. The van der Waals surface area contributed by atoms with E-state index in [9.17, 15) is 26.4 Å². The maximum absolute atomic E-state index is 13.0. The first-order valence-corrected chi connectivity index (χ1v) is 12.2. The van der Waals surface area contributed by atoms with Crippen molar-refractivity contribution in [1.29, 1.82) is 0 Å². The van der Waals surface area contributed by atoms with E-state index in [0.717, 1.165) is 23.8 Å². The summed E-state index contributed by atoms with van der Waals surface area (Å²) in [7, 11) is -4.34. The number of carbonyl (C=O) groups is 1. The number of alkyl halides is 3. The van der Waals surface area contributed by atoms with Crippen LogP contribution in [0.4, 0.5) is 18.9 Å². The van der Waals surface area contributed by atoms with Crippen LogP contribution in [0.2, 0.25) is 15.1 Å². The normalized spacial score (nSPS) is 11.8. The highest BCUT2D eigenvalue weighted by atomic mass is 35.5. The van der Waals surface area contributed by atoms with Gasteiger partial charge in [0.2, 0.25) is 0 Å². The van der Waals surface area contributed by atoms with Gasteiger partial charge in [0.25, 0.3) is 15.9 Å². The molecule has 0 unspecified atom stereocenters. The van der Waals surface area contributed by atoms with E-state index in [1.165, 1.54) is 18.2 Å². The Bertz CT molecular complexity index is 1330. The highest BCUT2D eigenvalue weighted by Gasteiger charge is 2.31. The molecule has 2 N–H and O–H groups in total. The molecule has 0 spiro atoms. The number of amides is 1. The van der Waals surface area contributed by atoms with Crippen molar-refractivity contribution in [2.45, 2.75) is 17.5 Å². The first-order valence-electron chi connectivity index (χ1n) is 9.58. The SMILES string of the molecule is O=C(NCCc1ccc(Cl)cc1Cl)c1cccc(S(=O)(=O)Nc2cc(C(F)(F)F)ccc2Cl)c1. The van der Waals surface area contributed by atoms with E-state index in [-0.39, 0.29) is 22.0 Å². The number of carbonyl (C=O) groups excluding carboxylic acids is 1. The number of anilines is 1. The molecule has 3 aromatic carbocycles. The van der Waals surface area contributed by atoms with Crippen molar-refractivity contribution < 1.29 is 26.4 Å². The molecule has 1 amide bonds. The van der Waals surface area contributed by atoms with Gasteiger partial charge in [-0.05, 0) is 60.5 Å². The standard InChI is InChI=1S/C22H16Cl3F3N2O3S/c23-16-6-4-13(19(25)12-16)8-9-29-21(31)14-2-1-3-17(10-14)34(32,33)30-20-11-15(22(26,27)28)5-7-18(20)24/h1-7,10-12,30H,8-9H2,(H,29,31). The second-order valence-electron chi connectivity index (χ2n) is 7.07. The van der Waals surface area contributed by atoms with Gasteiger partial charge in [-0.25, -0.2) is 8.42 Å². The number of nitrogens with one attached hydrogen (secondary N) is 2. The molecule has 34 heavy (non-hydrogen) atoms. The fraction of sp³-hybridized carbons (Fsp3) is 0.136. The molecule has 0 aromatic heterocycles. The predicted octanol–water partition coefficient (Wildman–Crippen LogP) is 6.44. The molecule has 5 nitrogen and oxygen atoms in total. The van der Waals surface area contributed by atoms with Crippen LogP contribution in [-0.2, 0) is 22.6 Å². The van der Waals surface area contributed by atoms with Crippen LogP contribution < -0.4 is 10.0 Å². The minimum absolute atomic E-state index is 0.0419. The number of benzene rings is 3. The van der Waals surface area contributed by atoms with Gasteiger partial charge in [0.1, 0.15) is 0 Å². The topological polar surface area (TPSA) is 75.3 Å². The predicted molar refractivity (Wildman–Crippen MR) is 126 cm³/mol. The Morgan fingerprint density at radius 1 is 0.912 bits per heavy atom. The summed E-state index contributed by atoms with van der Waals surface area (Å²) in [6, 6.07) is 12.3. The molecule has 0 aliphatic heterocycles. The summed E-state index contributed by atoms with van der Waals surface area (Å²) >= 11 is 17.8. The van der Waals surface area contributed by atoms with Gasteiger partial charge in [-0.3, -0.25) is 9.52 Å². The molecule has 0 saturated heterocycles. The van der Waals surface area contributed by atoms with Crippen LogP contribution in [0.5, 0.6) is 0 Å². The van der Waals surface area contributed by atoms with Crippen molar-refractivity contribution in [3.05, 3.63) is 92.4 Å². The summed E-state index contributed by atoms with van der Waals surface area (Å²) in [5.74, 6) is -0.542. The molecule has 0 aliphatic rings. The number of halogens is 6. The van der Waals surface area contributed by atoms with Crippen molar-refractivity contribution in [1.82, 2.24) is 5.32 Å². The molecule has 3 rings (SSSR count). The first-order chi connectivity index (χ1) is 15.9. The Hall–Kier alpha value is -2.46. The molecular weight excluding hydrogens is 536 g/mol. The molecule has 0 aliphatic carbocycles. The Labute approximate surface area is 208 Å². The quantitative estimate of drug-likeness (QED) is 0.355. The third-order valence-electron chi connectivity index (χ3n) is 4.64. The fourth-order valence-electron chi connectivity index (χ4n) is 2.93. The van der Waals surface area contributed by atoms with E-state index in [4.69, 9.17) is 34.8 Å². The van der Waals surface area contributed by atoms with Crippen LogP contribution in [-0.4, -0.2) is 20.9 Å². The van der Waals surface area contributed by atoms with Crippen LogP contribution in [0.25, 0.3) is 0 Å². The largest absolute Gasteiger partial charge is 0.416 e. The van der Waals surface area contributed by atoms with Crippen molar-refractivity contribution >= 4 is 56.4 Å². The first kappa shape index (κ1) is 26.2. The zero-order valence-electron chi connectivity index (χ0n) is 17.1. The van der Waals surface area contributed by atoms with Crippen molar-refractivity contribution in [2.24, 2.45) is 0 Å². The highest BCUT2D eigenvalue weighted by molar-refractivity contribution is 7.92. The lowest BCUT2D eigenvalue weighted by Crippen LogP contribution is -2.26. The summed E-state index contributed by atoms with van der Waals surface area (Å²) in [5.41, 5.74) is -0.695. The van der Waals surface area contributed by atoms with Crippen LogP contribution in [0.15, 0.2) is 65.6 Å². The molecule has 0 fully saturated rings. The van der Waals surface area contributed by atoms with Crippen LogP contribution >= 0.6 is 34.8 Å². The fourth-order valence-corrected chi connectivity index (χ4v) is 4.77. The van der Waals surface area contributed by atoms with Gasteiger partial charge in [-0.15, -0.1) is 0 Å². The average Bonchev–Trinajstić information content (AvgIpc) is 2.76. The summed E-state index contributed by atoms with van der Waals surface area (Å²) in [5, 5.41) is 3.38. The van der Waals surface area contributed by atoms with Crippen molar-refractivity contribution in [3.63, 3.8) is 0 Å². The van der Waals surface area contributed by atoms with Gasteiger partial charge in [0.05, 0.1) is 21.2 Å². The number of hydrogen-bond donors (Lipinski definition) is 2. The number of sulfonamides is 1. The van der Waals surface area contributed by atoms with E-state index < -0.39 is 33.4 Å². The molecule has 0 saturated carbocycles. The van der Waals surface area contributed by atoms with Gasteiger partial charge in [-0.2, -0.15) is 13.2 Å². The molecule has 0 heterocycles. The summed E-state index contributed by atoms with van der Waals surface area (Å²) < 4.78 is 66.4. The maximum atomic E-state index is 13.0. The van der Waals surface area contributed by atoms with Gasteiger partial charge < -0.3 is 5.32 Å². The van der Waals surface area contributed by atoms with E-state index in [0.29, 0.717) is 22.5 Å². The lowest BCUT2D eigenvalue weighted by molar-refractivity contribution is -0.137. The van der Waals surface area contributed by atoms with E-state index in [1.807, 2.05) is 4.72 Å². The minimum Gasteiger partial charge on any atom is -0.352 e. The minimum atomic E-state index is -4.68. The lowest BCUT2D eigenvalue weighted by Gasteiger charge is -2.13. The Balaban J connectivity index is 1.73. The summed E-state index contributed by atoms with van der Waals surface area (Å²) in [4.78, 5) is 12.2. The van der Waals surface area contributed by atoms with Crippen LogP contribution in [0.3, 0.4) is 0 Å². The van der Waals surface area contributed by atoms with Crippen molar-refractivity contribution in [2.75, 3.05) is 11.3 Å². The van der Waals surface area contributed by atoms with E-state index in [1.54, 1.807) is 18.2 Å². The Morgan fingerprint density at radius 2 is 1.65 bits per heavy atom. The number of hydrogen-bond acceptors (Lipinski definition) is 3. The average molecular weight is 552 g/mol. The van der Waals surface area contributed by atoms with Gasteiger partial charge in [-0.1, -0.05) is 46.9 Å². The van der Waals surface area contributed by atoms with Crippen LogP contribution in [0.1, 0.15) is 21.5 Å². The monoisotopic (exact) mass is 550 g/mol. The second kappa shape index (κ2) is 10.4. The third kappa shape index (κ3) is 6.56. The van der Waals surface area contributed by atoms with E-state index >= 15 is 0 Å². The zero-order valence-corrected chi connectivity index (χ0v) is 20.2. The lowest BCUT2D eigenvalue weighted by atomic mass is 10.1. The molecule has 12 heteroatoms. The van der Waals surface area contributed by atoms with Gasteiger partial charge in [0.15, 0.2) is 0 Å². The Kier molecular flexibility index (Phi) is 8.02. The molecule has 180 valence electrons. The third-order valence-corrected chi connectivity index (χ3v) is 6.92. The molecular formula is C22H16Cl3F3N2O3S. The molecule has 0 bridgehead atoms. The summed E-state index contributed by atoms with van der Waals surface area (Å²) in [6.45, 7) is 0.218. The van der Waals surface area contributed by atoms with E-state index in [2.05, 4.69) is 5.32 Å². The van der Waals surface area contributed by atoms with Gasteiger partial charge >= 0.3 is 6.18 Å². The van der Waals surface area contributed by atoms with Crippen molar-refractivity contribution in [3.8, 4) is 0 Å². The molecule has 3 aromatic rings. The smallest absolute Gasteiger partial charge is 0.352 e. The van der Waals surface area contributed by atoms with Gasteiger partial charge in [0, 0.05) is 22.2 Å². The highest BCUT2D eigenvalue weighted by Crippen LogP contribution is 2.34. The van der Waals surface area contributed by atoms with Crippen LogP contribution in [0, 0.1) is 0 Å². The summed E-state index contributed by atoms with van der Waals surface area (Å²) in [6.07, 6.45) is -4.27. The molecule has 0 atom stereocenters.